The van der Waals surface area contributed by atoms with E-state index in [1.54, 1.807) is 6.92 Å². The van der Waals surface area contributed by atoms with Crippen molar-refractivity contribution in [2.45, 2.75) is 6.92 Å². The monoisotopic (exact) mass is 201 g/mol. The maximum atomic E-state index is 10.7. The van der Waals surface area contributed by atoms with E-state index >= 15 is 0 Å². The van der Waals surface area contributed by atoms with Crippen molar-refractivity contribution in [3.05, 3.63) is 22.3 Å². The van der Waals surface area contributed by atoms with Gasteiger partial charge in [-0.1, -0.05) is 11.6 Å². The topological polar surface area (TPSA) is 59.4 Å². The van der Waals surface area contributed by atoms with Crippen LogP contribution in [-0.2, 0) is 0 Å². The Morgan fingerprint density at radius 2 is 2.31 bits per heavy atom. The summed E-state index contributed by atoms with van der Waals surface area (Å²) in [4.78, 5) is 14.6. The Balaban J connectivity index is 3.38. The fraction of sp³-hybridized carbons (Fsp3) is 0.250. The number of pyridine rings is 1. The molecule has 0 saturated heterocycles. The quantitative estimate of drug-likeness (QED) is 0.792. The maximum absolute atomic E-state index is 10.7. The summed E-state index contributed by atoms with van der Waals surface area (Å²) in [6.07, 6.45) is 0. The summed E-state index contributed by atoms with van der Waals surface area (Å²) in [5.74, 6) is -1.10. The third kappa shape index (κ3) is 1.89. The van der Waals surface area contributed by atoms with Crippen molar-refractivity contribution in [3.8, 4) is 5.88 Å². The van der Waals surface area contributed by atoms with Gasteiger partial charge in [-0.25, -0.2) is 9.78 Å². The lowest BCUT2D eigenvalue weighted by atomic mass is 10.2. The zero-order chi connectivity index (χ0) is 10.0. The molecule has 5 heteroatoms. The number of methoxy groups -OCH3 is 1. The van der Waals surface area contributed by atoms with Crippen LogP contribution in [0.1, 0.15) is 16.1 Å². The molecule has 0 aromatic carbocycles. The van der Waals surface area contributed by atoms with E-state index in [4.69, 9.17) is 21.4 Å². The molecule has 1 N–H and O–H groups in total. The largest absolute Gasteiger partial charge is 0.480 e. The predicted molar refractivity (Wildman–Crippen MR) is 47.5 cm³/mol. The second kappa shape index (κ2) is 3.62. The summed E-state index contributed by atoms with van der Waals surface area (Å²) in [5.41, 5.74) is 0.515. The average Bonchev–Trinajstić information content (AvgIpc) is 2.01. The lowest BCUT2D eigenvalue weighted by Gasteiger charge is -2.05. The Hall–Kier alpha value is -1.29. The summed E-state index contributed by atoms with van der Waals surface area (Å²) >= 11 is 5.71. The van der Waals surface area contributed by atoms with Gasteiger partial charge in [-0.15, -0.1) is 0 Å². The summed E-state index contributed by atoms with van der Waals surface area (Å²) in [6, 6.07) is 1.48. The van der Waals surface area contributed by atoms with Gasteiger partial charge in [0, 0.05) is 5.69 Å². The first-order chi connectivity index (χ1) is 6.06. The van der Waals surface area contributed by atoms with Crippen LogP contribution in [0.5, 0.6) is 5.88 Å². The molecule has 4 nitrogen and oxygen atoms in total. The van der Waals surface area contributed by atoms with E-state index in [1.807, 2.05) is 0 Å². The highest BCUT2D eigenvalue weighted by Crippen LogP contribution is 2.24. The molecule has 0 bridgehead atoms. The number of aromatic carboxylic acids is 1. The molecule has 1 aromatic heterocycles. The van der Waals surface area contributed by atoms with Gasteiger partial charge in [0.15, 0.2) is 0 Å². The van der Waals surface area contributed by atoms with Crippen LogP contribution in [0.4, 0.5) is 0 Å². The molecular formula is C8H8ClNO3. The molecule has 1 rings (SSSR count). The van der Waals surface area contributed by atoms with E-state index < -0.39 is 5.97 Å². The van der Waals surface area contributed by atoms with Gasteiger partial charge in [-0.2, -0.15) is 0 Å². The molecule has 0 spiro atoms. The zero-order valence-corrected chi connectivity index (χ0v) is 7.92. The van der Waals surface area contributed by atoms with E-state index in [-0.39, 0.29) is 16.5 Å². The van der Waals surface area contributed by atoms with Crippen molar-refractivity contribution >= 4 is 17.6 Å². The van der Waals surface area contributed by atoms with Crippen molar-refractivity contribution in [2.24, 2.45) is 0 Å². The van der Waals surface area contributed by atoms with Crippen molar-refractivity contribution < 1.29 is 14.6 Å². The van der Waals surface area contributed by atoms with E-state index in [0.29, 0.717) is 5.69 Å². The maximum Gasteiger partial charge on any atom is 0.342 e. The third-order valence-electron chi connectivity index (χ3n) is 1.47. The lowest BCUT2D eigenvalue weighted by molar-refractivity contribution is 0.0692. The molecule has 0 amide bonds. The molecule has 0 aliphatic heterocycles. The minimum atomic E-state index is -1.14. The number of nitrogens with zero attached hydrogens (tertiary/aromatic N) is 1. The Kier molecular flexibility index (Phi) is 2.72. The van der Waals surface area contributed by atoms with E-state index in [2.05, 4.69) is 4.98 Å². The van der Waals surface area contributed by atoms with Crippen LogP contribution < -0.4 is 4.74 Å². The number of aromatic nitrogens is 1. The van der Waals surface area contributed by atoms with E-state index in [1.165, 1.54) is 13.2 Å². The first-order valence-corrected chi connectivity index (χ1v) is 3.88. The van der Waals surface area contributed by atoms with Gasteiger partial charge >= 0.3 is 5.97 Å². The number of carbonyl (C=O) groups is 1. The van der Waals surface area contributed by atoms with Crippen molar-refractivity contribution in [1.82, 2.24) is 4.98 Å². The number of rotatable bonds is 2. The SMILES string of the molecule is COc1nc(C)cc(Cl)c1C(=O)O. The Bertz CT molecular complexity index is 351. The van der Waals surface area contributed by atoms with Crippen LogP contribution >= 0.6 is 11.6 Å². The predicted octanol–water partition coefficient (Wildman–Crippen LogP) is 1.75. The molecule has 0 atom stereocenters. The summed E-state index contributed by atoms with van der Waals surface area (Å²) < 4.78 is 4.79. The van der Waals surface area contributed by atoms with Gasteiger partial charge in [0.1, 0.15) is 5.56 Å². The molecule has 0 saturated carbocycles. The molecule has 0 fully saturated rings. The number of carboxylic acids is 1. The van der Waals surface area contributed by atoms with Crippen LogP contribution in [0.25, 0.3) is 0 Å². The molecular weight excluding hydrogens is 194 g/mol. The zero-order valence-electron chi connectivity index (χ0n) is 7.17. The molecule has 70 valence electrons. The molecule has 13 heavy (non-hydrogen) atoms. The molecule has 0 aliphatic carbocycles. The number of aryl methyl sites for hydroxylation is 1. The van der Waals surface area contributed by atoms with Crippen molar-refractivity contribution in [1.29, 1.82) is 0 Å². The molecule has 0 unspecified atom stereocenters. The highest BCUT2D eigenvalue weighted by Gasteiger charge is 2.17. The van der Waals surface area contributed by atoms with Gasteiger partial charge in [-0.05, 0) is 13.0 Å². The second-order valence-electron chi connectivity index (χ2n) is 2.43. The Labute approximate surface area is 80.1 Å². The minimum absolute atomic E-state index is 0.0394. The molecule has 1 aromatic rings. The number of hydrogen-bond donors (Lipinski definition) is 1. The Morgan fingerprint density at radius 3 is 2.77 bits per heavy atom. The van der Waals surface area contributed by atoms with Gasteiger partial charge in [0.05, 0.1) is 12.1 Å². The highest BCUT2D eigenvalue weighted by molar-refractivity contribution is 6.33. The summed E-state index contributed by atoms with van der Waals surface area (Å²) in [6.45, 7) is 1.71. The number of halogens is 1. The summed E-state index contributed by atoms with van der Waals surface area (Å²) in [7, 11) is 1.35. The van der Waals surface area contributed by atoms with Gasteiger partial charge in [0.25, 0.3) is 0 Å². The smallest absolute Gasteiger partial charge is 0.342 e. The highest BCUT2D eigenvalue weighted by atomic mass is 35.5. The second-order valence-corrected chi connectivity index (χ2v) is 2.84. The lowest BCUT2D eigenvalue weighted by Crippen LogP contribution is -2.04. The average molecular weight is 202 g/mol. The first kappa shape index (κ1) is 9.80. The first-order valence-electron chi connectivity index (χ1n) is 3.50. The normalized spacial score (nSPS) is 9.77. The van der Waals surface area contributed by atoms with Gasteiger partial charge in [0.2, 0.25) is 5.88 Å². The third-order valence-corrected chi connectivity index (χ3v) is 1.77. The van der Waals surface area contributed by atoms with Gasteiger partial charge in [-0.3, -0.25) is 0 Å². The van der Waals surface area contributed by atoms with E-state index in [9.17, 15) is 4.79 Å². The number of ether oxygens (including phenoxy) is 1. The molecule has 1 heterocycles. The Morgan fingerprint density at radius 1 is 1.69 bits per heavy atom. The number of hydrogen-bond acceptors (Lipinski definition) is 3. The fourth-order valence-corrected chi connectivity index (χ4v) is 1.27. The molecule has 0 radical (unpaired) electrons. The van der Waals surface area contributed by atoms with Crippen LogP contribution in [-0.4, -0.2) is 23.2 Å². The standard InChI is InChI=1S/C8H8ClNO3/c1-4-3-5(9)6(8(11)12)7(10-4)13-2/h3H,1-2H3,(H,11,12). The van der Waals surface area contributed by atoms with Crippen molar-refractivity contribution in [2.75, 3.05) is 7.11 Å². The van der Waals surface area contributed by atoms with Crippen LogP contribution in [0.15, 0.2) is 6.07 Å². The van der Waals surface area contributed by atoms with Crippen LogP contribution in [0.3, 0.4) is 0 Å². The van der Waals surface area contributed by atoms with Crippen molar-refractivity contribution in [3.63, 3.8) is 0 Å². The van der Waals surface area contributed by atoms with Gasteiger partial charge < -0.3 is 9.84 Å². The molecule has 0 aliphatic rings. The fourth-order valence-electron chi connectivity index (χ4n) is 0.947. The minimum Gasteiger partial charge on any atom is -0.480 e. The summed E-state index contributed by atoms with van der Waals surface area (Å²) in [5, 5.41) is 8.90. The number of carboxylic acid groups (broad SMARTS) is 1. The van der Waals surface area contributed by atoms with Crippen LogP contribution in [0, 0.1) is 6.92 Å². The van der Waals surface area contributed by atoms with E-state index in [0.717, 1.165) is 0 Å². The van der Waals surface area contributed by atoms with Crippen LogP contribution in [0.2, 0.25) is 5.02 Å².